The Kier molecular flexibility index (Phi) is 8.13. The number of nitrogen functional groups attached to an aromatic ring is 1. The number of aryl methyl sites for hydroxylation is 3. The lowest BCUT2D eigenvalue weighted by Gasteiger charge is -2.39. The Hall–Kier alpha value is -4.65. The van der Waals surface area contributed by atoms with Crippen LogP contribution in [0.5, 0.6) is 5.88 Å². The van der Waals surface area contributed by atoms with Gasteiger partial charge >= 0.3 is 12.1 Å². The van der Waals surface area contributed by atoms with Crippen LogP contribution in [0.3, 0.4) is 0 Å². The second-order valence-electron chi connectivity index (χ2n) is 12.4. The van der Waals surface area contributed by atoms with E-state index in [-0.39, 0.29) is 28.5 Å². The molecule has 46 heavy (non-hydrogen) atoms. The van der Waals surface area contributed by atoms with E-state index in [1.54, 1.807) is 31.3 Å². The number of nitrogens with two attached hydrogens (primary N) is 1. The van der Waals surface area contributed by atoms with Gasteiger partial charge in [-0.25, -0.2) is 4.68 Å². The molecule has 4 heterocycles. The number of alkyl halides is 3. The molecule has 2 aromatic heterocycles. The highest BCUT2D eigenvalue weighted by Gasteiger charge is 2.46. The molecule has 6 rings (SSSR count). The maximum atomic E-state index is 15.0. The van der Waals surface area contributed by atoms with Gasteiger partial charge in [0.05, 0.1) is 11.4 Å². The van der Waals surface area contributed by atoms with Crippen molar-refractivity contribution in [1.29, 1.82) is 0 Å². The lowest BCUT2D eigenvalue weighted by molar-refractivity contribution is -0.198. The monoisotopic (exact) mass is 635 g/mol. The molecular formula is C33H36F3N7O3. The molecule has 2 fully saturated rings. The third-order valence-corrected chi connectivity index (χ3v) is 9.17. The minimum atomic E-state index is -4.83. The summed E-state index contributed by atoms with van der Waals surface area (Å²) in [4.78, 5) is 21.7. The molecule has 4 aromatic rings. The van der Waals surface area contributed by atoms with E-state index in [1.807, 2.05) is 36.9 Å². The van der Waals surface area contributed by atoms with Crippen LogP contribution in [-0.2, 0) is 4.79 Å². The first-order valence-electron chi connectivity index (χ1n) is 15.1. The average Bonchev–Trinajstić information content (AvgIpc) is 3.63. The van der Waals surface area contributed by atoms with Crippen molar-refractivity contribution in [3.8, 4) is 22.7 Å². The number of anilines is 2. The summed E-state index contributed by atoms with van der Waals surface area (Å²) in [5, 5.41) is 16.9. The topological polar surface area (TPSA) is 131 Å². The van der Waals surface area contributed by atoms with Gasteiger partial charge in [-0.2, -0.15) is 28.2 Å². The van der Waals surface area contributed by atoms with E-state index in [1.165, 1.54) is 16.8 Å². The fraction of sp³-hybridized carbons (Fsp3) is 0.394. The standard InChI is InChI=1S/C33H36F3N7O3/c1-19-4-5-22(14-20(19)2)23-6-7-26(43-11-8-21(3)41-43)24(15-23)29(33(34,35)36)46-28-16-27(39-31(37)40-28)42-12-9-32(10-13-42)17-25(30(44)45)38-18-32/h4-8,11,14-16,25,29,38H,9-10,12-13,17-18H2,1-3H3,(H,44,45)(H2,37,39,40)/t25-,29?/m0/s1. The smallest absolute Gasteiger partial charge is 0.429 e. The first-order chi connectivity index (χ1) is 21.8. The average molecular weight is 636 g/mol. The Morgan fingerprint density at radius 2 is 1.76 bits per heavy atom. The molecule has 4 N–H and O–H groups in total. The number of carboxylic acids is 1. The summed E-state index contributed by atoms with van der Waals surface area (Å²) in [5.74, 6) is -1.04. The van der Waals surface area contributed by atoms with Crippen molar-refractivity contribution < 1.29 is 27.8 Å². The summed E-state index contributed by atoms with van der Waals surface area (Å²) in [5.41, 5.74) is 10.1. The van der Waals surface area contributed by atoms with Crippen LogP contribution in [0.1, 0.15) is 47.8 Å². The normalized spacial score (nSPS) is 18.6. The van der Waals surface area contributed by atoms with Gasteiger partial charge in [0.2, 0.25) is 17.9 Å². The highest BCUT2D eigenvalue weighted by molar-refractivity contribution is 5.74. The summed E-state index contributed by atoms with van der Waals surface area (Å²) in [6.07, 6.45) is -3.68. The van der Waals surface area contributed by atoms with E-state index >= 15 is 0 Å². The molecule has 13 heteroatoms. The molecule has 2 aromatic carbocycles. The summed E-state index contributed by atoms with van der Waals surface area (Å²) in [7, 11) is 0. The van der Waals surface area contributed by atoms with Crippen LogP contribution in [0.15, 0.2) is 54.7 Å². The molecule has 1 unspecified atom stereocenters. The number of nitrogens with zero attached hydrogens (tertiary/aromatic N) is 5. The van der Waals surface area contributed by atoms with E-state index < -0.39 is 24.3 Å². The number of hydrogen-bond donors (Lipinski definition) is 3. The molecule has 242 valence electrons. The Labute approximate surface area is 264 Å². The lowest BCUT2D eigenvalue weighted by atomic mass is 9.76. The summed E-state index contributed by atoms with van der Waals surface area (Å²) >= 11 is 0. The molecule has 0 radical (unpaired) electrons. The van der Waals surface area contributed by atoms with E-state index in [2.05, 4.69) is 20.4 Å². The van der Waals surface area contributed by atoms with Crippen LogP contribution in [0.2, 0.25) is 0 Å². The van der Waals surface area contributed by atoms with Crippen LogP contribution in [0.4, 0.5) is 24.9 Å². The number of carboxylic acid groups (broad SMARTS) is 1. The predicted molar refractivity (Wildman–Crippen MR) is 167 cm³/mol. The molecule has 2 saturated heterocycles. The van der Waals surface area contributed by atoms with Crippen LogP contribution < -0.4 is 20.7 Å². The first-order valence-corrected chi connectivity index (χ1v) is 15.1. The number of halogens is 3. The second kappa shape index (κ2) is 11.9. The van der Waals surface area contributed by atoms with Gasteiger partial charge in [-0.3, -0.25) is 4.79 Å². The first kappa shape index (κ1) is 31.3. The summed E-state index contributed by atoms with van der Waals surface area (Å²) in [6, 6.07) is 13.2. The quantitative estimate of drug-likeness (QED) is 0.239. The molecule has 2 atom stereocenters. The number of hydrogen-bond acceptors (Lipinski definition) is 8. The SMILES string of the molecule is Cc1ccn(-c2ccc(-c3ccc(C)c(C)c3)cc2C(Oc2cc(N3CCC4(CC3)CN[C@H](C(=O)O)C4)nc(N)n2)C(F)(F)F)n1. The molecule has 0 saturated carbocycles. The van der Waals surface area contributed by atoms with Gasteiger partial charge in [-0.15, -0.1) is 0 Å². The molecule has 0 aliphatic carbocycles. The fourth-order valence-electron chi connectivity index (χ4n) is 6.39. The van der Waals surface area contributed by atoms with Crippen molar-refractivity contribution in [2.75, 3.05) is 30.3 Å². The third kappa shape index (κ3) is 6.37. The molecule has 0 bridgehead atoms. The minimum Gasteiger partial charge on any atom is -0.480 e. The number of aromatic nitrogens is 4. The van der Waals surface area contributed by atoms with Crippen molar-refractivity contribution >= 4 is 17.7 Å². The zero-order valence-corrected chi connectivity index (χ0v) is 25.8. The summed E-state index contributed by atoms with van der Waals surface area (Å²) < 4.78 is 52.0. The highest BCUT2D eigenvalue weighted by atomic mass is 19.4. The van der Waals surface area contributed by atoms with Crippen LogP contribution in [0, 0.1) is 26.2 Å². The maximum absolute atomic E-state index is 15.0. The third-order valence-electron chi connectivity index (χ3n) is 9.17. The zero-order valence-electron chi connectivity index (χ0n) is 25.8. The Morgan fingerprint density at radius 1 is 1.04 bits per heavy atom. The lowest BCUT2D eigenvalue weighted by Crippen LogP contribution is -2.41. The number of benzene rings is 2. The van der Waals surface area contributed by atoms with Gasteiger partial charge in [-0.1, -0.05) is 24.3 Å². The number of rotatable bonds is 7. The van der Waals surface area contributed by atoms with Crippen molar-refractivity contribution in [3.63, 3.8) is 0 Å². The fourth-order valence-corrected chi connectivity index (χ4v) is 6.39. The van der Waals surface area contributed by atoms with Crippen LogP contribution in [0.25, 0.3) is 16.8 Å². The van der Waals surface area contributed by atoms with Gasteiger partial charge in [0.1, 0.15) is 11.9 Å². The number of aliphatic carboxylic acids is 1. The van der Waals surface area contributed by atoms with E-state index in [4.69, 9.17) is 10.5 Å². The maximum Gasteiger partial charge on any atom is 0.429 e. The largest absolute Gasteiger partial charge is 0.480 e. The molecule has 2 aliphatic heterocycles. The molecule has 0 amide bonds. The van der Waals surface area contributed by atoms with Gasteiger partial charge in [-0.05, 0) is 85.9 Å². The molecule has 10 nitrogen and oxygen atoms in total. The second-order valence-corrected chi connectivity index (χ2v) is 12.4. The van der Waals surface area contributed by atoms with Gasteiger partial charge in [0, 0.05) is 37.5 Å². The number of carbonyl (C=O) groups is 1. The van der Waals surface area contributed by atoms with E-state index in [0.29, 0.717) is 56.0 Å². The number of nitrogens with one attached hydrogen (secondary N) is 1. The van der Waals surface area contributed by atoms with Crippen LogP contribution >= 0.6 is 0 Å². The summed E-state index contributed by atoms with van der Waals surface area (Å²) in [6.45, 7) is 7.37. The van der Waals surface area contributed by atoms with E-state index in [0.717, 1.165) is 16.7 Å². The molecular weight excluding hydrogens is 599 g/mol. The Balaban J connectivity index is 1.33. The van der Waals surface area contributed by atoms with E-state index in [9.17, 15) is 23.1 Å². The predicted octanol–water partition coefficient (Wildman–Crippen LogP) is 5.55. The number of piperidine rings is 1. The van der Waals surface area contributed by atoms with Crippen molar-refractivity contribution in [2.24, 2.45) is 5.41 Å². The molecule has 1 spiro atoms. The van der Waals surface area contributed by atoms with Crippen LogP contribution in [-0.4, -0.2) is 62.7 Å². The van der Waals surface area contributed by atoms with Crippen molar-refractivity contribution in [3.05, 3.63) is 77.1 Å². The number of ether oxygens (including phenoxy) is 1. The Morgan fingerprint density at radius 3 is 2.39 bits per heavy atom. The minimum absolute atomic E-state index is 0.133. The Bertz CT molecular complexity index is 1770. The van der Waals surface area contributed by atoms with Crippen molar-refractivity contribution in [2.45, 2.75) is 58.4 Å². The van der Waals surface area contributed by atoms with Gasteiger partial charge in [0.15, 0.2) is 0 Å². The molecule has 2 aliphatic rings. The van der Waals surface area contributed by atoms with Crippen molar-refractivity contribution in [1.82, 2.24) is 25.1 Å². The zero-order chi connectivity index (χ0) is 32.8. The highest BCUT2D eigenvalue weighted by Crippen LogP contribution is 2.43. The van der Waals surface area contributed by atoms with Gasteiger partial charge < -0.3 is 25.8 Å². The van der Waals surface area contributed by atoms with Gasteiger partial charge in [0.25, 0.3) is 0 Å².